The zero-order valence-electron chi connectivity index (χ0n) is 15.9. The Bertz CT molecular complexity index is 675. The number of piperidine rings is 1. The predicted molar refractivity (Wildman–Crippen MR) is 106 cm³/mol. The average molecular weight is 400 g/mol. The molecule has 0 radical (unpaired) electrons. The van der Waals surface area contributed by atoms with Crippen LogP contribution in [-0.4, -0.2) is 70.4 Å². The lowest BCUT2D eigenvalue weighted by atomic mass is 9.96. The Morgan fingerprint density at radius 3 is 2.77 bits per heavy atom. The largest absolute Gasteiger partial charge is 0.378 e. The van der Waals surface area contributed by atoms with Crippen molar-refractivity contribution in [3.63, 3.8) is 0 Å². The molecule has 1 atom stereocenters. The molecule has 7 nitrogen and oxygen atoms in total. The smallest absolute Gasteiger partial charge is 0.227 e. The molecule has 26 heavy (non-hydrogen) atoms. The predicted octanol–water partition coefficient (Wildman–Crippen LogP) is 2.41. The van der Waals surface area contributed by atoms with Crippen LogP contribution >= 0.6 is 23.6 Å². The van der Waals surface area contributed by atoms with Gasteiger partial charge in [0.1, 0.15) is 0 Å². The molecule has 2 fully saturated rings. The van der Waals surface area contributed by atoms with Crippen LogP contribution in [0.15, 0.2) is 0 Å². The fourth-order valence-corrected chi connectivity index (χ4v) is 4.59. The molecule has 0 saturated carbocycles. The molecule has 2 aliphatic rings. The molecule has 0 aromatic carbocycles. The van der Waals surface area contributed by atoms with Gasteiger partial charge in [0.25, 0.3) is 0 Å². The number of amides is 1. The zero-order valence-corrected chi connectivity index (χ0v) is 17.5. The summed E-state index contributed by atoms with van der Waals surface area (Å²) in [6, 6.07) is 0. The zero-order chi connectivity index (χ0) is 18.7. The van der Waals surface area contributed by atoms with E-state index < -0.39 is 0 Å². The Morgan fingerprint density at radius 2 is 2.08 bits per heavy atom. The Kier molecular flexibility index (Phi) is 6.32. The van der Waals surface area contributed by atoms with E-state index in [2.05, 4.69) is 36.1 Å². The summed E-state index contributed by atoms with van der Waals surface area (Å²) in [7, 11) is 0. The second-order valence-corrected chi connectivity index (χ2v) is 9.67. The quantitative estimate of drug-likeness (QED) is 0.785. The number of hydrogen-bond donors (Lipinski definition) is 1. The van der Waals surface area contributed by atoms with Crippen LogP contribution in [-0.2, 0) is 16.2 Å². The SMILES string of the molecule is CC(C)(C)Nc1nn(CN2CCCC(C(=O)N3CCOCC3)C2)c(=S)s1. The van der Waals surface area contributed by atoms with Gasteiger partial charge in [-0.15, -0.1) is 5.10 Å². The van der Waals surface area contributed by atoms with Gasteiger partial charge in [0.05, 0.1) is 25.8 Å². The van der Waals surface area contributed by atoms with Crippen molar-refractivity contribution in [2.45, 2.75) is 45.8 Å². The summed E-state index contributed by atoms with van der Waals surface area (Å²) in [5.41, 5.74) is -0.0434. The lowest BCUT2D eigenvalue weighted by Gasteiger charge is -2.36. The van der Waals surface area contributed by atoms with Gasteiger partial charge in [0.15, 0.2) is 3.95 Å². The summed E-state index contributed by atoms with van der Waals surface area (Å²) >= 11 is 6.98. The molecule has 1 aromatic rings. The van der Waals surface area contributed by atoms with E-state index in [1.807, 2.05) is 9.58 Å². The fraction of sp³-hybridized carbons (Fsp3) is 0.824. The van der Waals surface area contributed by atoms with Gasteiger partial charge in [0, 0.05) is 25.2 Å². The Hall–Kier alpha value is -1.03. The Labute approximate surface area is 164 Å². The number of hydrogen-bond acceptors (Lipinski definition) is 7. The van der Waals surface area contributed by atoms with E-state index in [0.29, 0.717) is 33.0 Å². The number of carbonyl (C=O) groups is 1. The minimum atomic E-state index is -0.0434. The molecule has 0 aliphatic carbocycles. The molecule has 2 saturated heterocycles. The lowest BCUT2D eigenvalue weighted by molar-refractivity contribution is -0.141. The van der Waals surface area contributed by atoms with E-state index in [1.54, 1.807) is 0 Å². The molecule has 0 spiro atoms. The second kappa shape index (κ2) is 8.33. The average Bonchev–Trinajstić information content (AvgIpc) is 2.92. The van der Waals surface area contributed by atoms with Crippen molar-refractivity contribution in [3.05, 3.63) is 3.95 Å². The fourth-order valence-electron chi connectivity index (χ4n) is 3.38. The van der Waals surface area contributed by atoms with Gasteiger partial charge >= 0.3 is 0 Å². The molecule has 1 N–H and O–H groups in total. The third-order valence-corrected chi connectivity index (χ3v) is 5.82. The molecular weight excluding hydrogens is 370 g/mol. The Morgan fingerprint density at radius 1 is 1.35 bits per heavy atom. The van der Waals surface area contributed by atoms with Crippen molar-refractivity contribution in [1.29, 1.82) is 0 Å². The number of aromatic nitrogens is 2. The minimum Gasteiger partial charge on any atom is -0.378 e. The van der Waals surface area contributed by atoms with E-state index in [4.69, 9.17) is 17.0 Å². The molecule has 2 aliphatic heterocycles. The van der Waals surface area contributed by atoms with Crippen LogP contribution in [0.4, 0.5) is 5.13 Å². The summed E-state index contributed by atoms with van der Waals surface area (Å²) in [6.07, 6.45) is 2.00. The second-order valence-electron chi connectivity index (χ2n) is 8.04. The van der Waals surface area contributed by atoms with Gasteiger partial charge in [-0.3, -0.25) is 9.69 Å². The van der Waals surface area contributed by atoms with Crippen molar-refractivity contribution in [2.24, 2.45) is 5.92 Å². The maximum Gasteiger partial charge on any atom is 0.227 e. The molecule has 3 rings (SSSR count). The summed E-state index contributed by atoms with van der Waals surface area (Å²) in [5.74, 6) is 0.344. The van der Waals surface area contributed by atoms with Crippen LogP contribution in [0, 0.1) is 9.87 Å². The normalized spacial score (nSPS) is 22.4. The van der Waals surface area contributed by atoms with Crippen molar-refractivity contribution in [2.75, 3.05) is 44.7 Å². The van der Waals surface area contributed by atoms with Gasteiger partial charge in [-0.25, -0.2) is 4.68 Å². The van der Waals surface area contributed by atoms with Crippen LogP contribution in [0.25, 0.3) is 0 Å². The van der Waals surface area contributed by atoms with Gasteiger partial charge in [-0.1, -0.05) is 11.3 Å². The van der Waals surface area contributed by atoms with Crippen LogP contribution in [0.3, 0.4) is 0 Å². The van der Waals surface area contributed by atoms with Crippen molar-refractivity contribution in [3.8, 4) is 0 Å². The number of nitrogens with one attached hydrogen (secondary N) is 1. The first-order valence-electron chi connectivity index (χ1n) is 9.27. The molecule has 146 valence electrons. The van der Waals surface area contributed by atoms with Gasteiger partial charge in [-0.05, 0) is 52.4 Å². The number of morpholine rings is 1. The number of rotatable bonds is 4. The molecule has 9 heteroatoms. The summed E-state index contributed by atoms with van der Waals surface area (Å²) in [4.78, 5) is 17.0. The number of likely N-dealkylation sites (tertiary alicyclic amines) is 1. The first-order valence-corrected chi connectivity index (χ1v) is 10.5. The third kappa shape index (κ3) is 5.25. The van der Waals surface area contributed by atoms with Gasteiger partial charge in [0.2, 0.25) is 11.0 Å². The minimum absolute atomic E-state index is 0.0434. The summed E-state index contributed by atoms with van der Waals surface area (Å²) in [5, 5.41) is 8.84. The molecular formula is C17H29N5O2S2. The number of ether oxygens (including phenoxy) is 1. The highest BCUT2D eigenvalue weighted by atomic mass is 32.1. The highest BCUT2D eigenvalue weighted by Gasteiger charge is 2.30. The first-order chi connectivity index (χ1) is 12.3. The number of nitrogens with zero attached hydrogens (tertiary/aromatic N) is 4. The van der Waals surface area contributed by atoms with E-state index >= 15 is 0 Å². The summed E-state index contributed by atoms with van der Waals surface area (Å²) in [6.45, 7) is 11.5. The number of anilines is 1. The van der Waals surface area contributed by atoms with Gasteiger partial charge in [-0.2, -0.15) is 0 Å². The highest BCUT2D eigenvalue weighted by Crippen LogP contribution is 2.22. The standard InChI is InChI=1S/C17H29N5O2S2/c1-17(2,3)18-15-19-22(16(25)26-15)12-20-6-4-5-13(11-20)14(23)21-7-9-24-10-8-21/h13H,4-12H2,1-3H3,(H,18,19). The van der Waals surface area contributed by atoms with E-state index in [1.165, 1.54) is 11.3 Å². The van der Waals surface area contributed by atoms with Crippen LogP contribution in [0.2, 0.25) is 0 Å². The van der Waals surface area contributed by atoms with E-state index in [0.717, 1.165) is 35.0 Å². The highest BCUT2D eigenvalue weighted by molar-refractivity contribution is 7.73. The molecule has 1 unspecified atom stereocenters. The lowest BCUT2D eigenvalue weighted by Crippen LogP contribution is -2.48. The van der Waals surface area contributed by atoms with Crippen LogP contribution in [0.1, 0.15) is 33.6 Å². The molecule has 1 amide bonds. The maximum absolute atomic E-state index is 12.8. The van der Waals surface area contributed by atoms with E-state index in [9.17, 15) is 4.79 Å². The van der Waals surface area contributed by atoms with E-state index in [-0.39, 0.29) is 17.4 Å². The molecule has 0 bridgehead atoms. The van der Waals surface area contributed by atoms with Crippen molar-refractivity contribution < 1.29 is 9.53 Å². The first kappa shape index (κ1) is 19.7. The third-order valence-electron chi connectivity index (χ3n) is 4.60. The topological polar surface area (TPSA) is 62.6 Å². The van der Waals surface area contributed by atoms with Gasteiger partial charge < -0.3 is 15.0 Å². The van der Waals surface area contributed by atoms with Crippen LogP contribution in [0.5, 0.6) is 0 Å². The Balaban J connectivity index is 1.60. The summed E-state index contributed by atoms with van der Waals surface area (Å²) < 4.78 is 7.99. The van der Waals surface area contributed by atoms with Crippen molar-refractivity contribution >= 4 is 34.6 Å². The van der Waals surface area contributed by atoms with Crippen molar-refractivity contribution in [1.82, 2.24) is 19.6 Å². The number of carbonyl (C=O) groups excluding carboxylic acids is 1. The molecule has 1 aromatic heterocycles. The molecule has 3 heterocycles. The monoisotopic (exact) mass is 399 g/mol. The van der Waals surface area contributed by atoms with Crippen LogP contribution < -0.4 is 5.32 Å². The maximum atomic E-state index is 12.8.